The van der Waals surface area contributed by atoms with Crippen molar-refractivity contribution in [3.05, 3.63) is 23.8 Å². The Bertz CT molecular complexity index is 618. The normalized spacial score (nSPS) is 21.0. The molecule has 1 aliphatic heterocycles. The van der Waals surface area contributed by atoms with Crippen molar-refractivity contribution >= 4 is 29.5 Å². The predicted molar refractivity (Wildman–Crippen MR) is 74.7 cm³/mol. The fourth-order valence-electron chi connectivity index (χ4n) is 2.42. The lowest BCUT2D eigenvalue weighted by Gasteiger charge is -2.27. The molecule has 5 heteroatoms. The number of carbonyl (C=O) groups is 3. The van der Waals surface area contributed by atoms with Crippen molar-refractivity contribution in [2.45, 2.75) is 32.7 Å². The lowest BCUT2D eigenvalue weighted by molar-refractivity contribution is -0.136. The Balaban J connectivity index is 2.17. The number of amides is 2. The van der Waals surface area contributed by atoms with Gasteiger partial charge in [0.05, 0.1) is 11.4 Å². The molecule has 1 saturated carbocycles. The second kappa shape index (κ2) is 4.16. The smallest absolute Gasteiger partial charge is 0.242 e. The molecule has 1 fully saturated rings. The number of nitrogens with one attached hydrogen (secondary N) is 1. The Morgan fingerprint density at radius 2 is 2.00 bits per heavy atom. The Labute approximate surface area is 116 Å². The molecule has 0 atom stereocenters. The molecule has 5 nitrogen and oxygen atoms in total. The maximum absolute atomic E-state index is 12.7. The fourth-order valence-corrected chi connectivity index (χ4v) is 2.42. The van der Waals surface area contributed by atoms with Gasteiger partial charge >= 0.3 is 0 Å². The molecule has 3 rings (SSSR count). The molecule has 2 aliphatic rings. The van der Waals surface area contributed by atoms with Gasteiger partial charge in [-0.05, 0) is 44.9 Å². The van der Waals surface area contributed by atoms with Crippen molar-refractivity contribution in [2.24, 2.45) is 5.41 Å². The summed E-state index contributed by atoms with van der Waals surface area (Å²) in [5.74, 6) is -0.523. The van der Waals surface area contributed by atoms with E-state index in [2.05, 4.69) is 5.32 Å². The molecule has 0 spiro atoms. The summed E-state index contributed by atoms with van der Waals surface area (Å²) in [6, 6.07) is 5.18. The number of carbonyl (C=O) groups excluding carboxylic acids is 3. The summed E-state index contributed by atoms with van der Waals surface area (Å²) in [5.41, 5.74) is 0.586. The number of anilines is 2. The van der Waals surface area contributed by atoms with Gasteiger partial charge in [0.25, 0.3) is 0 Å². The lowest BCUT2D eigenvalue weighted by Crippen LogP contribution is -2.46. The van der Waals surface area contributed by atoms with Crippen molar-refractivity contribution in [3.63, 3.8) is 0 Å². The number of rotatable bonds is 2. The van der Waals surface area contributed by atoms with Gasteiger partial charge in [-0.3, -0.25) is 14.4 Å². The second-order valence-corrected chi connectivity index (χ2v) is 5.88. The molecule has 1 heterocycles. The third-order valence-corrected chi connectivity index (χ3v) is 3.90. The van der Waals surface area contributed by atoms with Gasteiger partial charge in [0.15, 0.2) is 0 Å². The van der Waals surface area contributed by atoms with E-state index >= 15 is 0 Å². The van der Waals surface area contributed by atoms with Crippen molar-refractivity contribution in [1.29, 1.82) is 0 Å². The highest BCUT2D eigenvalue weighted by atomic mass is 16.2. The van der Waals surface area contributed by atoms with Crippen LogP contribution in [0.4, 0.5) is 11.4 Å². The first-order valence-electron chi connectivity index (χ1n) is 6.69. The summed E-state index contributed by atoms with van der Waals surface area (Å²) in [7, 11) is 0. The van der Waals surface area contributed by atoms with Crippen LogP contribution in [0.3, 0.4) is 0 Å². The van der Waals surface area contributed by atoms with Gasteiger partial charge in [-0.15, -0.1) is 0 Å². The molecule has 20 heavy (non-hydrogen) atoms. The number of aldehydes is 1. The van der Waals surface area contributed by atoms with Crippen LogP contribution in [0.15, 0.2) is 18.2 Å². The van der Waals surface area contributed by atoms with E-state index < -0.39 is 5.41 Å². The minimum atomic E-state index is -1.11. The van der Waals surface area contributed by atoms with Crippen molar-refractivity contribution in [2.75, 3.05) is 10.2 Å². The topological polar surface area (TPSA) is 66.5 Å². The van der Waals surface area contributed by atoms with Crippen LogP contribution in [0.2, 0.25) is 0 Å². The van der Waals surface area contributed by atoms with Crippen LogP contribution < -0.4 is 10.2 Å². The molecule has 0 unspecified atom stereocenters. The molecule has 0 aromatic heterocycles. The molecular formula is C15H16N2O3. The number of nitrogens with zero attached hydrogens (tertiary/aromatic N) is 1. The standard InChI is InChI=1S/C15H16N2O3/c1-15(2)13(19)16-11-7-9(8-18)3-6-12(11)17(14(15)20)10-4-5-10/h3,6-8,10H,4-5H2,1-2H3,(H,16,19). The lowest BCUT2D eigenvalue weighted by atomic mass is 9.90. The number of benzene rings is 1. The highest BCUT2D eigenvalue weighted by Gasteiger charge is 2.47. The maximum Gasteiger partial charge on any atom is 0.242 e. The first-order valence-corrected chi connectivity index (χ1v) is 6.69. The molecule has 0 bridgehead atoms. The van der Waals surface area contributed by atoms with Gasteiger partial charge < -0.3 is 10.2 Å². The third kappa shape index (κ3) is 1.81. The number of hydrogen-bond donors (Lipinski definition) is 1. The van der Waals surface area contributed by atoms with E-state index in [0.717, 1.165) is 19.1 Å². The zero-order valence-electron chi connectivity index (χ0n) is 11.5. The van der Waals surface area contributed by atoms with Crippen LogP contribution in [-0.2, 0) is 9.59 Å². The minimum Gasteiger partial charge on any atom is -0.323 e. The molecule has 0 saturated heterocycles. The Hall–Kier alpha value is -2.17. The van der Waals surface area contributed by atoms with Crippen LogP contribution in [0.5, 0.6) is 0 Å². The van der Waals surface area contributed by atoms with Gasteiger partial charge in [-0.2, -0.15) is 0 Å². The molecule has 104 valence electrons. The van der Waals surface area contributed by atoms with Gasteiger partial charge in [0, 0.05) is 11.6 Å². The molecule has 1 aromatic carbocycles. The number of fused-ring (bicyclic) bond motifs is 1. The van der Waals surface area contributed by atoms with Crippen molar-refractivity contribution in [1.82, 2.24) is 0 Å². The second-order valence-electron chi connectivity index (χ2n) is 5.88. The summed E-state index contributed by atoms with van der Waals surface area (Å²) in [4.78, 5) is 37.5. The Morgan fingerprint density at radius 1 is 1.30 bits per heavy atom. The third-order valence-electron chi connectivity index (χ3n) is 3.90. The van der Waals surface area contributed by atoms with Crippen LogP contribution in [0.25, 0.3) is 0 Å². The van der Waals surface area contributed by atoms with Gasteiger partial charge in [0.2, 0.25) is 11.8 Å². The Kier molecular flexibility index (Phi) is 2.67. The van der Waals surface area contributed by atoms with E-state index in [0.29, 0.717) is 16.9 Å². The summed E-state index contributed by atoms with van der Waals surface area (Å²) in [6.45, 7) is 3.26. The fraction of sp³-hybridized carbons (Fsp3) is 0.400. The molecule has 1 aromatic rings. The number of hydrogen-bond acceptors (Lipinski definition) is 3. The summed E-state index contributed by atoms with van der Waals surface area (Å²) >= 11 is 0. The largest absolute Gasteiger partial charge is 0.323 e. The van der Waals surface area contributed by atoms with Crippen LogP contribution >= 0.6 is 0 Å². The summed E-state index contributed by atoms with van der Waals surface area (Å²) in [6.07, 6.45) is 2.63. The van der Waals surface area contributed by atoms with E-state index in [1.807, 2.05) is 0 Å². The monoisotopic (exact) mass is 272 g/mol. The molecule has 2 amide bonds. The predicted octanol–water partition coefficient (Wildman–Crippen LogP) is 1.97. The Morgan fingerprint density at radius 3 is 2.60 bits per heavy atom. The van der Waals surface area contributed by atoms with E-state index in [1.165, 1.54) is 0 Å². The highest BCUT2D eigenvalue weighted by Crippen LogP contribution is 2.41. The first-order chi connectivity index (χ1) is 9.45. The van der Waals surface area contributed by atoms with Crippen LogP contribution in [0, 0.1) is 5.41 Å². The average Bonchev–Trinajstić information content (AvgIpc) is 3.24. The average molecular weight is 272 g/mol. The molecular weight excluding hydrogens is 256 g/mol. The quantitative estimate of drug-likeness (QED) is 0.661. The van der Waals surface area contributed by atoms with E-state index in [-0.39, 0.29) is 17.9 Å². The van der Waals surface area contributed by atoms with Crippen LogP contribution in [0.1, 0.15) is 37.0 Å². The van der Waals surface area contributed by atoms with E-state index in [9.17, 15) is 14.4 Å². The van der Waals surface area contributed by atoms with Gasteiger partial charge in [-0.25, -0.2) is 0 Å². The zero-order chi connectivity index (χ0) is 14.5. The SMILES string of the molecule is CC1(C)C(=O)Nc2cc(C=O)ccc2N(C2CC2)C1=O. The van der Waals surface area contributed by atoms with Crippen molar-refractivity contribution < 1.29 is 14.4 Å². The van der Waals surface area contributed by atoms with Gasteiger partial charge in [0.1, 0.15) is 11.7 Å². The van der Waals surface area contributed by atoms with Crippen molar-refractivity contribution in [3.8, 4) is 0 Å². The highest BCUT2D eigenvalue weighted by molar-refractivity contribution is 6.19. The molecule has 1 N–H and O–H groups in total. The molecule has 1 aliphatic carbocycles. The molecule has 0 radical (unpaired) electrons. The summed E-state index contributed by atoms with van der Waals surface area (Å²) < 4.78 is 0. The minimum absolute atomic E-state index is 0.162. The van der Waals surface area contributed by atoms with E-state index in [4.69, 9.17) is 0 Å². The van der Waals surface area contributed by atoms with Crippen LogP contribution in [-0.4, -0.2) is 24.1 Å². The van der Waals surface area contributed by atoms with E-state index in [1.54, 1.807) is 36.9 Å². The maximum atomic E-state index is 12.7. The van der Waals surface area contributed by atoms with Gasteiger partial charge in [-0.1, -0.05) is 0 Å². The first kappa shape index (κ1) is 12.8. The zero-order valence-corrected chi connectivity index (χ0v) is 11.5. The summed E-state index contributed by atoms with van der Waals surface area (Å²) in [5, 5.41) is 2.77.